The number of hydrogen-bond acceptors (Lipinski definition) is 5. The van der Waals surface area contributed by atoms with Crippen LogP contribution < -0.4 is 5.43 Å². The van der Waals surface area contributed by atoms with Gasteiger partial charge in [-0.3, -0.25) is 4.79 Å². The fourth-order valence-electron chi connectivity index (χ4n) is 4.07. The van der Waals surface area contributed by atoms with Gasteiger partial charge in [0.15, 0.2) is 5.43 Å². The molecule has 3 aromatic carbocycles. The van der Waals surface area contributed by atoms with Crippen molar-refractivity contribution in [1.29, 1.82) is 0 Å². The number of rotatable bonds is 3. The van der Waals surface area contributed by atoms with E-state index in [4.69, 9.17) is 4.42 Å². The summed E-state index contributed by atoms with van der Waals surface area (Å²) in [5, 5.41) is 31.4. The molecule has 0 aromatic heterocycles. The monoisotopic (exact) mass is 426 g/mol. The van der Waals surface area contributed by atoms with Gasteiger partial charge in [0.05, 0.1) is 11.1 Å². The maximum Gasteiger partial charge on any atom is 0.336 e. The van der Waals surface area contributed by atoms with Gasteiger partial charge in [0.25, 0.3) is 0 Å². The van der Waals surface area contributed by atoms with E-state index >= 15 is 0 Å². The van der Waals surface area contributed by atoms with Crippen molar-refractivity contribution in [2.45, 2.75) is 0 Å². The lowest BCUT2D eigenvalue weighted by Gasteiger charge is -2.18. The highest BCUT2D eigenvalue weighted by molar-refractivity contribution is 6.19. The summed E-state index contributed by atoms with van der Waals surface area (Å²) in [6, 6.07) is 16.5. The molecule has 1 aliphatic heterocycles. The molecule has 0 bridgehead atoms. The molecule has 0 unspecified atom stereocenters. The van der Waals surface area contributed by atoms with Crippen LogP contribution in [0.1, 0.15) is 20.7 Å². The van der Waals surface area contributed by atoms with Gasteiger partial charge < -0.3 is 19.7 Å². The number of hydrogen-bond donors (Lipinski definition) is 3. The van der Waals surface area contributed by atoms with E-state index in [0.29, 0.717) is 27.3 Å². The molecule has 2 aliphatic rings. The maximum atomic E-state index is 12.1. The first-order valence-corrected chi connectivity index (χ1v) is 9.57. The summed E-state index contributed by atoms with van der Waals surface area (Å²) in [6.07, 6.45) is 0. The molecule has 0 fully saturated rings. The summed E-state index contributed by atoms with van der Waals surface area (Å²) < 4.78 is 5.94. The number of carboxylic acids is 2. The van der Waals surface area contributed by atoms with E-state index < -0.39 is 11.9 Å². The third-order valence-corrected chi connectivity index (χ3v) is 5.45. The number of benzene rings is 4. The van der Waals surface area contributed by atoms with Crippen LogP contribution in [0.25, 0.3) is 44.2 Å². The van der Waals surface area contributed by atoms with Crippen LogP contribution in [-0.4, -0.2) is 27.3 Å². The van der Waals surface area contributed by atoms with Crippen molar-refractivity contribution in [2.24, 2.45) is 0 Å². The van der Waals surface area contributed by atoms with Crippen LogP contribution in [0.15, 0.2) is 75.9 Å². The second kappa shape index (κ2) is 6.95. The maximum absolute atomic E-state index is 12.1. The quantitative estimate of drug-likeness (QED) is 0.279. The van der Waals surface area contributed by atoms with Crippen LogP contribution in [-0.2, 0) is 0 Å². The van der Waals surface area contributed by atoms with Crippen molar-refractivity contribution in [3.05, 3.63) is 88.1 Å². The molecule has 0 radical (unpaired) electrons. The molecule has 0 atom stereocenters. The predicted octanol–water partition coefficient (Wildman–Crippen LogP) is 4.82. The fourth-order valence-corrected chi connectivity index (χ4v) is 4.07. The average molecular weight is 426 g/mol. The third kappa shape index (κ3) is 2.87. The Morgan fingerprint density at radius 1 is 0.781 bits per heavy atom. The number of aromatic carboxylic acids is 2. The highest BCUT2D eigenvalue weighted by Gasteiger charge is 2.24. The molecule has 156 valence electrons. The topological polar surface area (TPSA) is 125 Å². The molecule has 0 amide bonds. The highest BCUT2D eigenvalue weighted by atomic mass is 16.4. The summed E-state index contributed by atoms with van der Waals surface area (Å²) in [6.45, 7) is 0. The predicted molar refractivity (Wildman–Crippen MR) is 118 cm³/mol. The van der Waals surface area contributed by atoms with Crippen molar-refractivity contribution < 1.29 is 29.3 Å². The molecule has 1 heterocycles. The van der Waals surface area contributed by atoms with E-state index in [-0.39, 0.29) is 39.2 Å². The van der Waals surface area contributed by atoms with Gasteiger partial charge in [-0.05, 0) is 35.2 Å². The van der Waals surface area contributed by atoms with Crippen LogP contribution in [0, 0.1) is 0 Å². The normalized spacial score (nSPS) is 11.2. The second-order valence-corrected chi connectivity index (χ2v) is 7.32. The lowest BCUT2D eigenvalue weighted by atomic mass is 9.88. The molecule has 1 aliphatic carbocycles. The largest absolute Gasteiger partial charge is 0.507 e. The molecule has 5 rings (SSSR count). The van der Waals surface area contributed by atoms with E-state index in [1.54, 1.807) is 30.3 Å². The Labute approximate surface area is 179 Å². The van der Waals surface area contributed by atoms with E-state index in [9.17, 15) is 29.7 Å². The van der Waals surface area contributed by atoms with Crippen LogP contribution in [0.4, 0.5) is 0 Å². The Balaban J connectivity index is 2.05. The number of aromatic hydroxyl groups is 1. The van der Waals surface area contributed by atoms with Crippen molar-refractivity contribution in [2.75, 3.05) is 0 Å². The van der Waals surface area contributed by atoms with E-state index in [2.05, 4.69) is 0 Å². The average Bonchev–Trinajstić information content (AvgIpc) is 2.77. The molecule has 0 spiro atoms. The Hall–Kier alpha value is -4.65. The standard InChI is InChI=1S/C25H14O7/c26-13-6-8-17-20(10-13)32-21-11-19(27)14-3-1-2-4-15(14)23(21)22(17)16-7-5-12(24(28)29)9-18(16)25(30)31/h1-11,27H,(H,28,29)(H,30,31). The van der Waals surface area contributed by atoms with Gasteiger partial charge in [-0.1, -0.05) is 30.3 Å². The van der Waals surface area contributed by atoms with E-state index in [0.717, 1.165) is 6.07 Å². The molecule has 3 N–H and O–H groups in total. The second-order valence-electron chi connectivity index (χ2n) is 7.32. The van der Waals surface area contributed by atoms with Gasteiger partial charge in [0, 0.05) is 34.0 Å². The number of carboxylic acid groups (broad SMARTS) is 2. The fraction of sp³-hybridized carbons (Fsp3) is 0. The molecule has 32 heavy (non-hydrogen) atoms. The Kier molecular flexibility index (Phi) is 4.20. The smallest absolute Gasteiger partial charge is 0.336 e. The number of phenolic OH excluding ortho intramolecular Hbond substituents is 1. The van der Waals surface area contributed by atoms with Gasteiger partial charge in [-0.25, -0.2) is 9.59 Å². The van der Waals surface area contributed by atoms with Gasteiger partial charge in [-0.15, -0.1) is 0 Å². The minimum absolute atomic E-state index is 0.0277. The van der Waals surface area contributed by atoms with Crippen molar-refractivity contribution >= 4 is 33.7 Å². The van der Waals surface area contributed by atoms with Crippen LogP contribution in [0.3, 0.4) is 0 Å². The molecule has 7 heteroatoms. The molecule has 0 saturated carbocycles. The molecular formula is C25H14O7. The number of carbonyl (C=O) groups is 2. The van der Waals surface area contributed by atoms with Gasteiger partial charge in [0.1, 0.15) is 17.1 Å². The summed E-state index contributed by atoms with van der Waals surface area (Å²) >= 11 is 0. The highest BCUT2D eigenvalue weighted by Crippen LogP contribution is 2.45. The zero-order valence-corrected chi connectivity index (χ0v) is 16.3. The minimum atomic E-state index is -1.30. The molecular weight excluding hydrogens is 412 g/mol. The lowest BCUT2D eigenvalue weighted by Crippen LogP contribution is -2.06. The molecule has 3 aromatic rings. The lowest BCUT2D eigenvalue weighted by molar-refractivity contribution is 0.0696. The zero-order chi connectivity index (χ0) is 22.6. The first-order chi connectivity index (χ1) is 15.3. The Morgan fingerprint density at radius 3 is 2.22 bits per heavy atom. The van der Waals surface area contributed by atoms with Gasteiger partial charge >= 0.3 is 11.9 Å². The van der Waals surface area contributed by atoms with E-state index in [1.807, 2.05) is 0 Å². The van der Waals surface area contributed by atoms with E-state index in [1.165, 1.54) is 30.3 Å². The van der Waals surface area contributed by atoms with Crippen molar-refractivity contribution in [3.8, 4) is 28.2 Å². The van der Waals surface area contributed by atoms with Crippen LogP contribution in [0.2, 0.25) is 0 Å². The number of fused-ring (bicyclic) bond motifs is 4. The third-order valence-electron chi connectivity index (χ3n) is 5.45. The summed E-state index contributed by atoms with van der Waals surface area (Å²) in [5.74, 6) is -2.36. The SMILES string of the molecule is O=C(O)c1ccc(-c2c3ccc(=O)cc-3oc3cc(O)c4ccccc4c23)c(C(=O)O)c1. The first-order valence-electron chi connectivity index (χ1n) is 9.57. The zero-order valence-electron chi connectivity index (χ0n) is 16.3. The molecule has 0 saturated heterocycles. The van der Waals surface area contributed by atoms with Gasteiger partial charge in [0.2, 0.25) is 0 Å². The van der Waals surface area contributed by atoms with Gasteiger partial charge in [-0.2, -0.15) is 0 Å². The summed E-state index contributed by atoms with van der Waals surface area (Å²) in [5.41, 5.74) is 0.809. The Morgan fingerprint density at radius 2 is 1.50 bits per heavy atom. The van der Waals surface area contributed by atoms with Crippen LogP contribution >= 0.6 is 0 Å². The summed E-state index contributed by atoms with van der Waals surface area (Å²) in [4.78, 5) is 35.5. The number of phenols is 1. The molecule has 7 nitrogen and oxygen atoms in total. The van der Waals surface area contributed by atoms with Crippen molar-refractivity contribution in [3.63, 3.8) is 0 Å². The Bertz CT molecular complexity index is 1610. The minimum Gasteiger partial charge on any atom is -0.507 e. The van der Waals surface area contributed by atoms with Crippen molar-refractivity contribution in [1.82, 2.24) is 0 Å². The summed E-state index contributed by atoms with van der Waals surface area (Å²) in [7, 11) is 0. The first kappa shape index (κ1) is 19.3. The van der Waals surface area contributed by atoms with Crippen LogP contribution in [0.5, 0.6) is 5.75 Å².